The van der Waals surface area contributed by atoms with Crippen LogP contribution in [-0.4, -0.2) is 16.3 Å². The van der Waals surface area contributed by atoms with E-state index in [0.717, 1.165) is 25.3 Å². The van der Waals surface area contributed by atoms with Crippen LogP contribution in [-0.2, 0) is 13.1 Å². The van der Waals surface area contributed by atoms with Gasteiger partial charge in [0.2, 0.25) is 0 Å². The van der Waals surface area contributed by atoms with Crippen molar-refractivity contribution in [3.05, 3.63) is 52.8 Å². The molecule has 3 nitrogen and oxygen atoms in total. The van der Waals surface area contributed by atoms with Crippen molar-refractivity contribution in [3.8, 4) is 0 Å². The molecule has 19 heavy (non-hydrogen) atoms. The van der Waals surface area contributed by atoms with E-state index in [0.29, 0.717) is 0 Å². The summed E-state index contributed by atoms with van der Waals surface area (Å²) in [6, 6.07) is 10.9. The summed E-state index contributed by atoms with van der Waals surface area (Å²) in [4.78, 5) is 0. The summed E-state index contributed by atoms with van der Waals surface area (Å²) in [6.07, 6.45) is 1.18. The van der Waals surface area contributed by atoms with Crippen LogP contribution in [0.15, 0.2) is 30.3 Å². The molecule has 1 heterocycles. The Morgan fingerprint density at radius 1 is 1.11 bits per heavy atom. The highest BCUT2D eigenvalue weighted by molar-refractivity contribution is 5.23. The van der Waals surface area contributed by atoms with Crippen molar-refractivity contribution in [1.29, 1.82) is 0 Å². The molecule has 0 aliphatic heterocycles. The molecular formula is C16H23N3. The van der Waals surface area contributed by atoms with Crippen molar-refractivity contribution in [2.75, 3.05) is 6.54 Å². The van der Waals surface area contributed by atoms with Gasteiger partial charge in [0.1, 0.15) is 0 Å². The minimum atomic E-state index is 0.850. The number of hydrogen-bond donors (Lipinski definition) is 1. The quantitative estimate of drug-likeness (QED) is 0.806. The molecule has 0 aliphatic carbocycles. The number of nitrogens with zero attached hydrogens (tertiary/aromatic N) is 2. The molecule has 2 aromatic rings. The van der Waals surface area contributed by atoms with Crippen LogP contribution in [0.3, 0.4) is 0 Å². The minimum Gasteiger partial charge on any atom is -0.313 e. The molecule has 0 unspecified atom stereocenters. The third kappa shape index (κ3) is 3.93. The zero-order valence-electron chi connectivity index (χ0n) is 12.1. The normalized spacial score (nSPS) is 10.9. The highest BCUT2D eigenvalue weighted by atomic mass is 15.3. The lowest BCUT2D eigenvalue weighted by atomic mass is 10.1. The van der Waals surface area contributed by atoms with Gasteiger partial charge in [-0.15, -0.1) is 0 Å². The average molecular weight is 257 g/mol. The van der Waals surface area contributed by atoms with Gasteiger partial charge in [0.05, 0.1) is 12.2 Å². The highest BCUT2D eigenvalue weighted by Gasteiger charge is 2.02. The Bertz CT molecular complexity index is 511. The Kier molecular flexibility index (Phi) is 4.74. The number of rotatable bonds is 6. The fourth-order valence-corrected chi connectivity index (χ4v) is 2.18. The van der Waals surface area contributed by atoms with Crippen molar-refractivity contribution in [1.82, 2.24) is 15.1 Å². The van der Waals surface area contributed by atoms with Crippen molar-refractivity contribution < 1.29 is 0 Å². The van der Waals surface area contributed by atoms with Gasteiger partial charge in [-0.05, 0) is 44.0 Å². The molecular weight excluding hydrogens is 234 g/mol. The summed E-state index contributed by atoms with van der Waals surface area (Å²) in [5, 5.41) is 7.91. The van der Waals surface area contributed by atoms with E-state index in [1.807, 2.05) is 6.92 Å². The molecule has 0 amide bonds. The molecule has 0 aliphatic rings. The fraction of sp³-hybridized carbons (Fsp3) is 0.438. The number of aromatic nitrogens is 2. The Labute approximate surface area is 115 Å². The lowest BCUT2D eigenvalue weighted by Gasteiger charge is -2.07. The summed E-state index contributed by atoms with van der Waals surface area (Å²) in [5.41, 5.74) is 4.93. The molecule has 0 spiro atoms. The third-order valence-electron chi connectivity index (χ3n) is 3.21. The van der Waals surface area contributed by atoms with Gasteiger partial charge in [0, 0.05) is 12.2 Å². The number of benzene rings is 1. The van der Waals surface area contributed by atoms with Gasteiger partial charge in [-0.3, -0.25) is 4.68 Å². The second kappa shape index (κ2) is 6.53. The maximum absolute atomic E-state index is 4.49. The van der Waals surface area contributed by atoms with E-state index in [1.54, 1.807) is 0 Å². The van der Waals surface area contributed by atoms with Crippen molar-refractivity contribution >= 4 is 0 Å². The van der Waals surface area contributed by atoms with Crippen molar-refractivity contribution in [3.63, 3.8) is 0 Å². The second-order valence-electron chi connectivity index (χ2n) is 5.08. The van der Waals surface area contributed by atoms with Crippen LogP contribution >= 0.6 is 0 Å². The first-order valence-corrected chi connectivity index (χ1v) is 6.98. The van der Waals surface area contributed by atoms with Gasteiger partial charge in [0.15, 0.2) is 0 Å². The Hall–Kier alpha value is -1.61. The van der Waals surface area contributed by atoms with E-state index in [9.17, 15) is 0 Å². The first-order chi connectivity index (χ1) is 9.19. The minimum absolute atomic E-state index is 0.850. The lowest BCUT2D eigenvalue weighted by molar-refractivity contribution is 0.657. The van der Waals surface area contributed by atoms with Crippen LogP contribution in [0.25, 0.3) is 0 Å². The average Bonchev–Trinajstić information content (AvgIpc) is 2.70. The molecule has 0 saturated heterocycles. The number of hydrogen-bond acceptors (Lipinski definition) is 2. The van der Waals surface area contributed by atoms with E-state index in [2.05, 4.69) is 59.3 Å². The molecule has 0 atom stereocenters. The van der Waals surface area contributed by atoms with Gasteiger partial charge >= 0.3 is 0 Å². The maximum atomic E-state index is 4.49. The molecule has 0 saturated carbocycles. The maximum Gasteiger partial charge on any atom is 0.0662 e. The Balaban J connectivity index is 1.96. The summed E-state index contributed by atoms with van der Waals surface area (Å²) < 4.78 is 2.06. The van der Waals surface area contributed by atoms with E-state index in [-0.39, 0.29) is 0 Å². The summed E-state index contributed by atoms with van der Waals surface area (Å²) in [5.74, 6) is 0. The molecule has 1 aromatic carbocycles. The summed E-state index contributed by atoms with van der Waals surface area (Å²) in [7, 11) is 0. The Morgan fingerprint density at radius 3 is 2.37 bits per heavy atom. The predicted octanol–water partition coefficient (Wildman–Crippen LogP) is 3.05. The topological polar surface area (TPSA) is 29.9 Å². The fourth-order valence-electron chi connectivity index (χ4n) is 2.18. The monoisotopic (exact) mass is 257 g/mol. The van der Waals surface area contributed by atoms with Crippen LogP contribution < -0.4 is 5.32 Å². The van der Waals surface area contributed by atoms with Crippen molar-refractivity contribution in [2.24, 2.45) is 0 Å². The largest absolute Gasteiger partial charge is 0.313 e. The smallest absolute Gasteiger partial charge is 0.0662 e. The van der Waals surface area contributed by atoms with Crippen LogP contribution in [0.1, 0.15) is 35.9 Å². The molecule has 3 heteroatoms. The zero-order valence-corrected chi connectivity index (χ0v) is 12.1. The number of aryl methyl sites for hydroxylation is 2. The first-order valence-electron chi connectivity index (χ1n) is 6.98. The number of nitrogens with one attached hydrogen (secondary N) is 1. The molecule has 102 valence electrons. The van der Waals surface area contributed by atoms with Gasteiger partial charge in [-0.1, -0.05) is 31.2 Å². The second-order valence-corrected chi connectivity index (χ2v) is 5.08. The SMILES string of the molecule is CCCNCc1ccc(Cn2nc(C)cc2C)cc1. The van der Waals surface area contributed by atoms with Crippen LogP contribution in [0, 0.1) is 13.8 Å². The molecule has 0 fully saturated rings. The zero-order chi connectivity index (χ0) is 13.7. The van der Waals surface area contributed by atoms with Crippen molar-refractivity contribution in [2.45, 2.75) is 40.3 Å². The predicted molar refractivity (Wildman–Crippen MR) is 79.2 cm³/mol. The highest BCUT2D eigenvalue weighted by Crippen LogP contribution is 2.09. The van der Waals surface area contributed by atoms with E-state index in [4.69, 9.17) is 0 Å². The lowest BCUT2D eigenvalue weighted by Crippen LogP contribution is -2.13. The molecule has 0 bridgehead atoms. The van der Waals surface area contributed by atoms with E-state index >= 15 is 0 Å². The molecule has 2 rings (SSSR count). The summed E-state index contributed by atoms with van der Waals surface area (Å²) in [6.45, 7) is 9.20. The molecule has 1 aromatic heterocycles. The molecule has 0 radical (unpaired) electrons. The van der Waals surface area contributed by atoms with E-state index < -0.39 is 0 Å². The standard InChI is InChI=1S/C16H23N3/c1-4-9-17-11-15-5-7-16(8-6-15)12-19-14(3)10-13(2)18-19/h5-8,10,17H,4,9,11-12H2,1-3H3. The van der Waals surface area contributed by atoms with Crippen LogP contribution in [0.4, 0.5) is 0 Å². The van der Waals surface area contributed by atoms with Crippen LogP contribution in [0.2, 0.25) is 0 Å². The van der Waals surface area contributed by atoms with Gasteiger partial charge in [-0.2, -0.15) is 5.10 Å². The summed E-state index contributed by atoms with van der Waals surface area (Å²) >= 11 is 0. The first kappa shape index (κ1) is 13.8. The Morgan fingerprint density at radius 2 is 1.79 bits per heavy atom. The third-order valence-corrected chi connectivity index (χ3v) is 3.21. The van der Waals surface area contributed by atoms with Gasteiger partial charge in [0.25, 0.3) is 0 Å². The van der Waals surface area contributed by atoms with Gasteiger partial charge in [-0.25, -0.2) is 0 Å². The van der Waals surface area contributed by atoms with Gasteiger partial charge < -0.3 is 5.32 Å². The van der Waals surface area contributed by atoms with Crippen LogP contribution in [0.5, 0.6) is 0 Å². The molecule has 1 N–H and O–H groups in total. The van der Waals surface area contributed by atoms with E-state index in [1.165, 1.54) is 23.2 Å².